The van der Waals surface area contributed by atoms with E-state index in [0.717, 1.165) is 11.1 Å². The van der Waals surface area contributed by atoms with Gasteiger partial charge in [-0.05, 0) is 48.4 Å². The van der Waals surface area contributed by atoms with Crippen LogP contribution in [0.5, 0.6) is 5.75 Å². The van der Waals surface area contributed by atoms with Gasteiger partial charge in [0.2, 0.25) is 0 Å². The van der Waals surface area contributed by atoms with Crippen LogP contribution in [0, 0.1) is 0 Å². The van der Waals surface area contributed by atoms with Gasteiger partial charge in [-0.1, -0.05) is 42.5 Å². The highest BCUT2D eigenvalue weighted by Crippen LogP contribution is 2.32. The van der Waals surface area contributed by atoms with Crippen LogP contribution in [0.1, 0.15) is 17.3 Å². The second kappa shape index (κ2) is 6.96. The van der Waals surface area contributed by atoms with Crippen LogP contribution in [0.15, 0.2) is 72.8 Å². The number of hydrogen-bond donors (Lipinski definition) is 2. The lowest BCUT2D eigenvalue weighted by Gasteiger charge is -2.23. The summed E-state index contributed by atoms with van der Waals surface area (Å²) in [6.07, 6.45) is -0.527. The average molecular weight is 358 g/mol. The number of carbonyl (C=O) groups excluding carboxylic acids is 2. The van der Waals surface area contributed by atoms with Crippen molar-refractivity contribution in [2.75, 3.05) is 10.6 Å². The Morgan fingerprint density at radius 1 is 0.963 bits per heavy atom. The molecule has 0 spiro atoms. The standard InChI is InChI=1S/C22H18N2O3/c1-14-21(25)24-19-13-18(11-12-20(19)27-14)23-22(26)17-9-7-16(8-10-17)15-5-3-2-4-6-15/h2-14H,1H3,(H,23,26)(H,24,25)/t14-/m0/s1. The smallest absolute Gasteiger partial charge is 0.265 e. The molecule has 4 rings (SSSR count). The molecule has 5 heteroatoms. The second-order valence-corrected chi connectivity index (χ2v) is 6.36. The van der Waals surface area contributed by atoms with Crippen LogP contribution in [0.4, 0.5) is 11.4 Å². The van der Waals surface area contributed by atoms with E-state index in [9.17, 15) is 9.59 Å². The van der Waals surface area contributed by atoms with Crippen LogP contribution in [0.3, 0.4) is 0 Å². The zero-order valence-electron chi connectivity index (χ0n) is 14.7. The SMILES string of the molecule is C[C@@H]1Oc2ccc(NC(=O)c3ccc(-c4ccccc4)cc3)cc2NC1=O. The molecule has 1 aliphatic rings. The normalized spacial score (nSPS) is 15.3. The first-order valence-corrected chi connectivity index (χ1v) is 8.68. The summed E-state index contributed by atoms with van der Waals surface area (Å²) < 4.78 is 5.52. The fraction of sp³-hybridized carbons (Fsp3) is 0.0909. The van der Waals surface area contributed by atoms with Crippen molar-refractivity contribution in [2.45, 2.75) is 13.0 Å². The molecule has 1 atom stereocenters. The quantitative estimate of drug-likeness (QED) is 0.732. The van der Waals surface area contributed by atoms with E-state index in [1.165, 1.54) is 0 Å². The molecule has 0 aromatic heterocycles. The van der Waals surface area contributed by atoms with E-state index in [2.05, 4.69) is 10.6 Å². The van der Waals surface area contributed by atoms with Gasteiger partial charge in [-0.15, -0.1) is 0 Å². The van der Waals surface area contributed by atoms with Gasteiger partial charge >= 0.3 is 0 Å². The van der Waals surface area contributed by atoms with Crippen LogP contribution < -0.4 is 15.4 Å². The van der Waals surface area contributed by atoms with Gasteiger partial charge in [0.15, 0.2) is 6.10 Å². The molecule has 0 bridgehead atoms. The van der Waals surface area contributed by atoms with E-state index in [-0.39, 0.29) is 11.8 Å². The van der Waals surface area contributed by atoms with Gasteiger partial charge in [-0.3, -0.25) is 9.59 Å². The van der Waals surface area contributed by atoms with Crippen molar-refractivity contribution in [3.8, 4) is 16.9 Å². The summed E-state index contributed by atoms with van der Waals surface area (Å²) in [6.45, 7) is 1.69. The lowest BCUT2D eigenvalue weighted by Crippen LogP contribution is -2.34. The largest absolute Gasteiger partial charge is 0.479 e. The first-order valence-electron chi connectivity index (χ1n) is 8.68. The van der Waals surface area contributed by atoms with Crippen molar-refractivity contribution in [2.24, 2.45) is 0 Å². The fourth-order valence-electron chi connectivity index (χ4n) is 2.93. The summed E-state index contributed by atoms with van der Waals surface area (Å²) in [7, 11) is 0. The molecular weight excluding hydrogens is 340 g/mol. The molecule has 0 unspecified atom stereocenters. The number of rotatable bonds is 3. The van der Waals surface area contributed by atoms with Gasteiger partial charge < -0.3 is 15.4 Å². The highest BCUT2D eigenvalue weighted by atomic mass is 16.5. The molecular formula is C22H18N2O3. The first kappa shape index (κ1) is 16.8. The van der Waals surface area contributed by atoms with Crippen LogP contribution in [-0.2, 0) is 4.79 Å². The average Bonchev–Trinajstić information content (AvgIpc) is 2.70. The van der Waals surface area contributed by atoms with E-state index < -0.39 is 6.10 Å². The Bertz CT molecular complexity index is 998. The summed E-state index contributed by atoms with van der Waals surface area (Å²) >= 11 is 0. The van der Waals surface area contributed by atoms with Gasteiger partial charge in [0.05, 0.1) is 5.69 Å². The number of amides is 2. The molecule has 5 nitrogen and oxygen atoms in total. The Hall–Kier alpha value is -3.60. The minimum Gasteiger partial charge on any atom is -0.479 e. The minimum absolute atomic E-state index is 0.206. The van der Waals surface area contributed by atoms with Crippen molar-refractivity contribution < 1.29 is 14.3 Å². The summed E-state index contributed by atoms with van der Waals surface area (Å²) in [5.41, 5.74) is 3.85. The van der Waals surface area contributed by atoms with Crippen LogP contribution >= 0.6 is 0 Å². The monoisotopic (exact) mass is 358 g/mol. The summed E-state index contributed by atoms with van der Waals surface area (Å²) in [5.74, 6) is 0.167. The molecule has 134 valence electrons. The molecule has 27 heavy (non-hydrogen) atoms. The first-order chi connectivity index (χ1) is 13.1. The number of nitrogens with one attached hydrogen (secondary N) is 2. The Morgan fingerprint density at radius 2 is 1.67 bits per heavy atom. The number of ether oxygens (including phenoxy) is 1. The lowest BCUT2D eigenvalue weighted by atomic mass is 10.0. The number of carbonyl (C=O) groups is 2. The molecule has 0 saturated heterocycles. The highest BCUT2D eigenvalue weighted by molar-refractivity contribution is 6.05. The topological polar surface area (TPSA) is 67.4 Å². The number of fused-ring (bicyclic) bond motifs is 1. The molecule has 1 aliphatic heterocycles. The Labute approximate surface area is 157 Å². The van der Waals surface area contributed by atoms with Crippen molar-refractivity contribution in [3.63, 3.8) is 0 Å². The summed E-state index contributed by atoms with van der Waals surface area (Å²) in [6, 6.07) is 22.6. The van der Waals surface area contributed by atoms with E-state index in [1.54, 1.807) is 37.3 Å². The molecule has 3 aromatic carbocycles. The zero-order chi connectivity index (χ0) is 18.8. The van der Waals surface area contributed by atoms with Crippen molar-refractivity contribution in [3.05, 3.63) is 78.4 Å². The third-order valence-electron chi connectivity index (χ3n) is 4.42. The van der Waals surface area contributed by atoms with E-state index in [0.29, 0.717) is 22.7 Å². The third-order valence-corrected chi connectivity index (χ3v) is 4.42. The molecule has 0 saturated carbocycles. The molecule has 2 amide bonds. The maximum absolute atomic E-state index is 12.5. The van der Waals surface area contributed by atoms with Gasteiger partial charge in [-0.25, -0.2) is 0 Å². The Kier molecular flexibility index (Phi) is 4.34. The molecule has 3 aromatic rings. The van der Waals surface area contributed by atoms with Gasteiger partial charge in [0, 0.05) is 11.3 Å². The van der Waals surface area contributed by atoms with Gasteiger partial charge in [0.1, 0.15) is 5.75 Å². The Balaban J connectivity index is 1.49. The van der Waals surface area contributed by atoms with E-state index in [1.807, 2.05) is 42.5 Å². The molecule has 2 N–H and O–H groups in total. The predicted octanol–water partition coefficient (Wildman–Crippen LogP) is 4.33. The van der Waals surface area contributed by atoms with Crippen molar-refractivity contribution in [1.82, 2.24) is 0 Å². The van der Waals surface area contributed by atoms with E-state index >= 15 is 0 Å². The fourth-order valence-corrected chi connectivity index (χ4v) is 2.93. The maximum Gasteiger partial charge on any atom is 0.265 e. The second-order valence-electron chi connectivity index (χ2n) is 6.36. The number of benzene rings is 3. The highest BCUT2D eigenvalue weighted by Gasteiger charge is 2.23. The zero-order valence-corrected chi connectivity index (χ0v) is 14.7. The third kappa shape index (κ3) is 3.53. The summed E-state index contributed by atoms with van der Waals surface area (Å²) in [5, 5.41) is 5.62. The van der Waals surface area contributed by atoms with E-state index in [4.69, 9.17) is 4.74 Å². The number of hydrogen-bond acceptors (Lipinski definition) is 3. The molecule has 1 heterocycles. The molecule has 0 radical (unpaired) electrons. The van der Waals surface area contributed by atoms with Gasteiger partial charge in [-0.2, -0.15) is 0 Å². The minimum atomic E-state index is -0.527. The summed E-state index contributed by atoms with van der Waals surface area (Å²) in [4.78, 5) is 24.3. The molecule has 0 aliphatic carbocycles. The van der Waals surface area contributed by atoms with Crippen LogP contribution in [-0.4, -0.2) is 17.9 Å². The van der Waals surface area contributed by atoms with Crippen LogP contribution in [0.25, 0.3) is 11.1 Å². The van der Waals surface area contributed by atoms with Gasteiger partial charge in [0.25, 0.3) is 11.8 Å². The Morgan fingerprint density at radius 3 is 2.41 bits per heavy atom. The van der Waals surface area contributed by atoms with Crippen LogP contribution in [0.2, 0.25) is 0 Å². The molecule has 0 fully saturated rings. The van der Waals surface area contributed by atoms with Crippen molar-refractivity contribution >= 4 is 23.2 Å². The number of anilines is 2. The predicted molar refractivity (Wildman–Crippen MR) is 105 cm³/mol. The maximum atomic E-state index is 12.5. The van der Waals surface area contributed by atoms with Crippen molar-refractivity contribution in [1.29, 1.82) is 0 Å². The lowest BCUT2D eigenvalue weighted by molar-refractivity contribution is -0.122.